The zero-order valence-electron chi connectivity index (χ0n) is 14.5. The predicted molar refractivity (Wildman–Crippen MR) is 91.1 cm³/mol. The van der Waals surface area contributed by atoms with Crippen molar-refractivity contribution in [2.75, 3.05) is 13.1 Å². The van der Waals surface area contributed by atoms with Gasteiger partial charge in [0.2, 0.25) is 0 Å². The molecule has 5 nitrogen and oxygen atoms in total. The number of rotatable bonds is 5. The van der Waals surface area contributed by atoms with Crippen LogP contribution in [0.4, 0.5) is 0 Å². The molecule has 0 aliphatic carbocycles. The van der Waals surface area contributed by atoms with E-state index >= 15 is 0 Å². The third-order valence-corrected chi connectivity index (χ3v) is 3.66. The standard InChI is InChI=1S/C19H25NO4/c1-19(2,3)18(22)24-16(13-14-7-5-4-6-8-14)23-17(21)15-9-11-20-12-10-15/h4-9,16,20H,10-13H2,1-3H3. The van der Waals surface area contributed by atoms with Crippen molar-refractivity contribution in [3.05, 3.63) is 47.5 Å². The fourth-order valence-corrected chi connectivity index (χ4v) is 2.21. The van der Waals surface area contributed by atoms with E-state index in [0.29, 0.717) is 25.0 Å². The lowest BCUT2D eigenvalue weighted by molar-refractivity contribution is -0.191. The molecule has 1 N–H and O–H groups in total. The molecule has 0 amide bonds. The van der Waals surface area contributed by atoms with Gasteiger partial charge in [-0.1, -0.05) is 36.4 Å². The molecule has 0 spiro atoms. The SMILES string of the molecule is CC(C)(C)C(=O)OC(Cc1ccccc1)OC(=O)C1=CCNCC1. The van der Waals surface area contributed by atoms with E-state index in [2.05, 4.69) is 5.32 Å². The second-order valence-corrected chi connectivity index (χ2v) is 6.86. The number of carbonyl (C=O) groups excluding carboxylic acids is 2. The summed E-state index contributed by atoms with van der Waals surface area (Å²) in [6.45, 7) is 6.70. The van der Waals surface area contributed by atoms with Gasteiger partial charge in [0.05, 0.1) is 5.41 Å². The molecule has 0 bridgehead atoms. The Balaban J connectivity index is 2.08. The molecular formula is C19H25NO4. The number of carbonyl (C=O) groups is 2. The Bertz CT molecular complexity index is 602. The second kappa shape index (κ2) is 8.11. The largest absolute Gasteiger partial charge is 0.424 e. The maximum absolute atomic E-state index is 12.3. The summed E-state index contributed by atoms with van der Waals surface area (Å²) in [4.78, 5) is 24.5. The first-order valence-corrected chi connectivity index (χ1v) is 8.22. The molecule has 24 heavy (non-hydrogen) atoms. The van der Waals surface area contributed by atoms with Crippen molar-refractivity contribution in [2.45, 2.75) is 39.9 Å². The van der Waals surface area contributed by atoms with E-state index in [4.69, 9.17) is 9.47 Å². The minimum atomic E-state index is -0.928. The number of nitrogens with one attached hydrogen (secondary N) is 1. The normalized spacial score (nSPS) is 16.0. The van der Waals surface area contributed by atoms with E-state index in [1.165, 1.54) is 0 Å². The summed E-state index contributed by atoms with van der Waals surface area (Å²) in [6, 6.07) is 9.53. The van der Waals surface area contributed by atoms with Crippen molar-refractivity contribution in [2.24, 2.45) is 5.41 Å². The van der Waals surface area contributed by atoms with Crippen LogP contribution in [-0.4, -0.2) is 31.3 Å². The maximum atomic E-state index is 12.3. The topological polar surface area (TPSA) is 64.6 Å². The smallest absolute Gasteiger partial charge is 0.336 e. The first kappa shape index (κ1) is 18.2. The highest BCUT2D eigenvalue weighted by Crippen LogP contribution is 2.19. The molecule has 0 saturated carbocycles. The van der Waals surface area contributed by atoms with Crippen LogP contribution in [0.1, 0.15) is 32.8 Å². The molecule has 130 valence electrons. The van der Waals surface area contributed by atoms with E-state index in [1.54, 1.807) is 20.8 Å². The maximum Gasteiger partial charge on any atom is 0.336 e. The Morgan fingerprint density at radius 2 is 1.88 bits per heavy atom. The molecular weight excluding hydrogens is 306 g/mol. The highest BCUT2D eigenvalue weighted by Gasteiger charge is 2.29. The van der Waals surface area contributed by atoms with Gasteiger partial charge in [0.1, 0.15) is 0 Å². The first-order chi connectivity index (χ1) is 11.4. The highest BCUT2D eigenvalue weighted by molar-refractivity contribution is 5.88. The summed E-state index contributed by atoms with van der Waals surface area (Å²) in [5.74, 6) is -0.810. The van der Waals surface area contributed by atoms with E-state index < -0.39 is 23.6 Å². The van der Waals surface area contributed by atoms with Gasteiger partial charge in [-0.3, -0.25) is 4.79 Å². The van der Waals surface area contributed by atoms with Gasteiger partial charge in [0.15, 0.2) is 0 Å². The number of esters is 2. The van der Waals surface area contributed by atoms with Gasteiger partial charge in [0.25, 0.3) is 6.29 Å². The summed E-state index contributed by atoms with van der Waals surface area (Å²) in [6.07, 6.45) is 1.84. The zero-order chi connectivity index (χ0) is 17.6. The average molecular weight is 331 g/mol. The Labute approximate surface area is 143 Å². The Morgan fingerprint density at radius 3 is 2.46 bits per heavy atom. The average Bonchev–Trinajstić information content (AvgIpc) is 2.55. The summed E-state index contributed by atoms with van der Waals surface area (Å²) in [5, 5.41) is 3.15. The van der Waals surface area contributed by atoms with Crippen molar-refractivity contribution in [1.29, 1.82) is 0 Å². The molecule has 0 fully saturated rings. The van der Waals surface area contributed by atoms with Crippen LogP contribution < -0.4 is 5.32 Å². The minimum absolute atomic E-state index is 0.333. The quantitative estimate of drug-likeness (QED) is 0.664. The van der Waals surface area contributed by atoms with Crippen molar-refractivity contribution >= 4 is 11.9 Å². The third kappa shape index (κ3) is 5.49. The van der Waals surface area contributed by atoms with E-state index in [0.717, 1.165) is 12.1 Å². The lowest BCUT2D eigenvalue weighted by Crippen LogP contribution is -2.33. The van der Waals surface area contributed by atoms with Crippen LogP contribution in [-0.2, 0) is 25.5 Å². The zero-order valence-corrected chi connectivity index (χ0v) is 14.5. The highest BCUT2D eigenvalue weighted by atomic mass is 16.7. The second-order valence-electron chi connectivity index (χ2n) is 6.86. The minimum Gasteiger partial charge on any atom is -0.424 e. The van der Waals surface area contributed by atoms with Crippen LogP contribution in [0.15, 0.2) is 42.0 Å². The molecule has 1 aliphatic rings. The lowest BCUT2D eigenvalue weighted by atomic mass is 9.97. The molecule has 1 heterocycles. The summed E-state index contributed by atoms with van der Waals surface area (Å²) in [5.41, 5.74) is 0.907. The van der Waals surface area contributed by atoms with Crippen molar-refractivity contribution in [1.82, 2.24) is 5.32 Å². The van der Waals surface area contributed by atoms with E-state index in [1.807, 2.05) is 36.4 Å². The van der Waals surface area contributed by atoms with Gasteiger partial charge >= 0.3 is 11.9 Å². The third-order valence-electron chi connectivity index (χ3n) is 3.66. The number of ether oxygens (including phenoxy) is 2. The fourth-order valence-electron chi connectivity index (χ4n) is 2.21. The van der Waals surface area contributed by atoms with Gasteiger partial charge in [0, 0.05) is 18.5 Å². The first-order valence-electron chi connectivity index (χ1n) is 8.22. The van der Waals surface area contributed by atoms with Gasteiger partial charge in [-0.15, -0.1) is 0 Å². The van der Waals surface area contributed by atoms with Crippen LogP contribution in [0.3, 0.4) is 0 Å². The summed E-state index contributed by atoms with van der Waals surface area (Å²) in [7, 11) is 0. The van der Waals surface area contributed by atoms with Gasteiger partial charge in [-0.2, -0.15) is 0 Å². The van der Waals surface area contributed by atoms with Crippen LogP contribution in [0.5, 0.6) is 0 Å². The molecule has 0 radical (unpaired) electrons. The molecule has 1 aliphatic heterocycles. The molecule has 0 saturated heterocycles. The van der Waals surface area contributed by atoms with Crippen molar-refractivity contribution in [3.63, 3.8) is 0 Å². The van der Waals surface area contributed by atoms with Gasteiger partial charge < -0.3 is 14.8 Å². The van der Waals surface area contributed by atoms with Crippen LogP contribution in [0.25, 0.3) is 0 Å². The molecule has 1 aromatic carbocycles. The van der Waals surface area contributed by atoms with Gasteiger partial charge in [-0.05, 0) is 39.3 Å². The summed E-state index contributed by atoms with van der Waals surface area (Å²) < 4.78 is 10.9. The Morgan fingerprint density at radius 1 is 1.17 bits per heavy atom. The van der Waals surface area contributed by atoms with Gasteiger partial charge in [-0.25, -0.2) is 4.79 Å². The monoisotopic (exact) mass is 331 g/mol. The molecule has 1 unspecified atom stereocenters. The molecule has 2 rings (SSSR count). The number of benzene rings is 1. The van der Waals surface area contributed by atoms with Crippen molar-refractivity contribution < 1.29 is 19.1 Å². The summed E-state index contributed by atoms with van der Waals surface area (Å²) >= 11 is 0. The van der Waals surface area contributed by atoms with Crippen LogP contribution >= 0.6 is 0 Å². The van der Waals surface area contributed by atoms with E-state index in [9.17, 15) is 9.59 Å². The van der Waals surface area contributed by atoms with E-state index in [-0.39, 0.29) is 0 Å². The lowest BCUT2D eigenvalue weighted by Gasteiger charge is -2.24. The van der Waals surface area contributed by atoms with Crippen LogP contribution in [0, 0.1) is 5.41 Å². The predicted octanol–water partition coefficient (Wildman–Crippen LogP) is 2.61. The number of hydrogen-bond donors (Lipinski definition) is 1. The van der Waals surface area contributed by atoms with Crippen molar-refractivity contribution in [3.8, 4) is 0 Å². The number of hydrogen-bond acceptors (Lipinski definition) is 5. The molecule has 5 heteroatoms. The Kier molecular flexibility index (Phi) is 6.15. The Hall–Kier alpha value is -2.14. The molecule has 1 atom stereocenters. The van der Waals surface area contributed by atoms with Crippen LogP contribution in [0.2, 0.25) is 0 Å². The fraction of sp³-hybridized carbons (Fsp3) is 0.474. The molecule has 1 aromatic rings. The molecule has 0 aromatic heterocycles.